The summed E-state index contributed by atoms with van der Waals surface area (Å²) in [6, 6.07) is 20.1. The van der Waals surface area contributed by atoms with Gasteiger partial charge in [-0.2, -0.15) is 0 Å². The number of carbonyl (C=O) groups excluding carboxylic acids is 1. The fraction of sp³-hybridized carbons (Fsp3) is 0.250. The molecule has 2 aromatic carbocycles. The van der Waals surface area contributed by atoms with E-state index >= 15 is 0 Å². The number of thiazole rings is 1. The number of carbonyl (C=O) groups is 1. The van der Waals surface area contributed by atoms with Crippen molar-refractivity contribution in [3.8, 4) is 11.3 Å². The van der Waals surface area contributed by atoms with Crippen LogP contribution >= 0.6 is 23.1 Å². The monoisotopic (exact) mass is 492 g/mol. The molecule has 174 valence electrons. The van der Waals surface area contributed by atoms with Gasteiger partial charge in [0.2, 0.25) is 11.9 Å². The van der Waals surface area contributed by atoms with Crippen LogP contribution in [0, 0.1) is 0 Å². The first-order valence-electron chi connectivity index (χ1n) is 11.0. The smallest absolute Gasteiger partial charge is 0.236 e. The zero-order chi connectivity index (χ0) is 23.2. The number of nitrogens with zero attached hydrogens (tertiary/aromatic N) is 5. The van der Waals surface area contributed by atoms with Crippen molar-refractivity contribution in [2.75, 3.05) is 42.3 Å². The highest BCUT2D eigenvalue weighted by atomic mass is 32.2. The summed E-state index contributed by atoms with van der Waals surface area (Å²) in [7, 11) is 0. The van der Waals surface area contributed by atoms with Gasteiger partial charge in [0.15, 0.2) is 10.3 Å². The lowest BCUT2D eigenvalue weighted by Crippen LogP contribution is -2.38. The van der Waals surface area contributed by atoms with Gasteiger partial charge in [-0.25, -0.2) is 4.98 Å². The largest absolute Gasteiger partial charge is 0.378 e. The number of aromatic nitrogens is 4. The number of benzene rings is 2. The minimum Gasteiger partial charge on any atom is -0.378 e. The molecule has 0 bridgehead atoms. The third-order valence-corrected chi connectivity index (χ3v) is 7.05. The predicted molar refractivity (Wildman–Crippen MR) is 136 cm³/mol. The zero-order valence-electron chi connectivity index (χ0n) is 18.5. The van der Waals surface area contributed by atoms with E-state index in [0.717, 1.165) is 35.9 Å². The molecule has 0 saturated carbocycles. The molecule has 4 aromatic rings. The van der Waals surface area contributed by atoms with Crippen LogP contribution in [0.1, 0.15) is 5.56 Å². The molecule has 1 N–H and O–H groups in total. The van der Waals surface area contributed by atoms with Crippen molar-refractivity contribution >= 4 is 40.1 Å². The molecule has 1 aliphatic rings. The van der Waals surface area contributed by atoms with E-state index in [0.29, 0.717) is 30.0 Å². The van der Waals surface area contributed by atoms with Crippen molar-refractivity contribution in [3.05, 3.63) is 71.6 Å². The highest BCUT2D eigenvalue weighted by Crippen LogP contribution is 2.26. The molecule has 34 heavy (non-hydrogen) atoms. The summed E-state index contributed by atoms with van der Waals surface area (Å²) in [5, 5.41) is 15.0. The standard InChI is InChI=1S/C24H24N6O2S2/c31-21(26-22-25-20(16-33-22)19-9-5-2-6-10-19)17-34-24-28-27-23(29-11-13-32-14-12-29)30(24)15-18-7-3-1-4-8-18/h1-10,16H,11-15,17H2,(H,25,26,31). The molecule has 0 atom stereocenters. The lowest BCUT2D eigenvalue weighted by atomic mass is 10.2. The van der Waals surface area contributed by atoms with Crippen LogP contribution in [0.3, 0.4) is 0 Å². The van der Waals surface area contributed by atoms with Crippen LogP contribution in [0.5, 0.6) is 0 Å². The number of morpholine rings is 1. The maximum absolute atomic E-state index is 12.7. The Morgan fingerprint density at radius 3 is 2.53 bits per heavy atom. The lowest BCUT2D eigenvalue weighted by molar-refractivity contribution is -0.113. The van der Waals surface area contributed by atoms with Gasteiger partial charge < -0.3 is 15.0 Å². The zero-order valence-corrected chi connectivity index (χ0v) is 20.1. The van der Waals surface area contributed by atoms with E-state index in [-0.39, 0.29) is 11.7 Å². The highest BCUT2D eigenvalue weighted by molar-refractivity contribution is 7.99. The van der Waals surface area contributed by atoms with Crippen molar-refractivity contribution in [1.29, 1.82) is 0 Å². The Hall–Kier alpha value is -3.21. The van der Waals surface area contributed by atoms with Crippen LogP contribution < -0.4 is 10.2 Å². The Morgan fingerprint density at radius 2 is 1.76 bits per heavy atom. The van der Waals surface area contributed by atoms with Crippen LogP contribution in [0.25, 0.3) is 11.3 Å². The van der Waals surface area contributed by atoms with Crippen LogP contribution in [0.15, 0.2) is 71.2 Å². The Labute approximate surface area is 206 Å². The molecular formula is C24H24N6O2S2. The second-order valence-corrected chi connectivity index (χ2v) is 9.50. The summed E-state index contributed by atoms with van der Waals surface area (Å²) >= 11 is 2.80. The molecule has 10 heteroatoms. The molecule has 0 radical (unpaired) electrons. The average Bonchev–Trinajstić information content (AvgIpc) is 3.52. The molecule has 2 aromatic heterocycles. The molecule has 0 aliphatic carbocycles. The van der Waals surface area contributed by atoms with E-state index in [2.05, 4.69) is 42.1 Å². The Kier molecular flexibility index (Phi) is 7.18. The number of ether oxygens (including phenoxy) is 1. The maximum atomic E-state index is 12.7. The SMILES string of the molecule is O=C(CSc1nnc(N2CCOCC2)n1Cc1ccccc1)Nc1nc(-c2ccccc2)cs1. The first-order chi connectivity index (χ1) is 16.8. The van der Waals surface area contributed by atoms with Crippen LogP contribution in [0.2, 0.25) is 0 Å². The van der Waals surface area contributed by atoms with Crippen LogP contribution in [-0.4, -0.2) is 57.7 Å². The van der Waals surface area contributed by atoms with Crippen LogP contribution in [-0.2, 0) is 16.1 Å². The molecular weight excluding hydrogens is 468 g/mol. The predicted octanol–water partition coefficient (Wildman–Crippen LogP) is 4.02. The highest BCUT2D eigenvalue weighted by Gasteiger charge is 2.21. The topological polar surface area (TPSA) is 85.2 Å². The minimum atomic E-state index is -0.124. The molecule has 3 heterocycles. The molecule has 1 amide bonds. The number of thioether (sulfide) groups is 1. The third kappa shape index (κ3) is 5.46. The first kappa shape index (κ1) is 22.6. The van der Waals surface area contributed by atoms with Crippen molar-refractivity contribution in [3.63, 3.8) is 0 Å². The number of rotatable bonds is 8. The number of nitrogens with one attached hydrogen (secondary N) is 1. The molecule has 0 unspecified atom stereocenters. The summed E-state index contributed by atoms with van der Waals surface area (Å²) in [4.78, 5) is 19.4. The molecule has 0 spiro atoms. The number of hydrogen-bond donors (Lipinski definition) is 1. The lowest BCUT2D eigenvalue weighted by Gasteiger charge is -2.28. The Morgan fingerprint density at radius 1 is 1.03 bits per heavy atom. The summed E-state index contributed by atoms with van der Waals surface area (Å²) in [5.41, 5.74) is 3.03. The maximum Gasteiger partial charge on any atom is 0.236 e. The van der Waals surface area contributed by atoms with E-state index in [1.807, 2.05) is 53.9 Å². The molecule has 1 fully saturated rings. The Balaban J connectivity index is 1.27. The average molecular weight is 493 g/mol. The van der Waals surface area contributed by atoms with Gasteiger partial charge in [0.05, 0.1) is 31.2 Å². The van der Waals surface area contributed by atoms with Crippen molar-refractivity contribution in [2.45, 2.75) is 11.7 Å². The van der Waals surface area contributed by atoms with Gasteiger partial charge in [-0.15, -0.1) is 21.5 Å². The summed E-state index contributed by atoms with van der Waals surface area (Å²) < 4.78 is 7.57. The van der Waals surface area contributed by atoms with Crippen LogP contribution in [0.4, 0.5) is 11.1 Å². The third-order valence-electron chi connectivity index (χ3n) is 5.33. The summed E-state index contributed by atoms with van der Waals surface area (Å²) in [5.74, 6) is 0.902. The fourth-order valence-corrected chi connectivity index (χ4v) is 5.12. The molecule has 1 saturated heterocycles. The van der Waals surface area contributed by atoms with Gasteiger partial charge in [0, 0.05) is 24.0 Å². The van der Waals surface area contributed by atoms with Crippen molar-refractivity contribution in [1.82, 2.24) is 19.7 Å². The molecule has 1 aliphatic heterocycles. The van der Waals surface area contributed by atoms with Crippen molar-refractivity contribution < 1.29 is 9.53 Å². The number of amides is 1. The normalized spacial score (nSPS) is 13.7. The second-order valence-electron chi connectivity index (χ2n) is 7.69. The quantitative estimate of drug-likeness (QED) is 0.372. The van der Waals surface area contributed by atoms with Crippen molar-refractivity contribution in [2.24, 2.45) is 0 Å². The Bertz CT molecular complexity index is 1220. The number of hydrogen-bond acceptors (Lipinski definition) is 8. The van der Waals surface area contributed by atoms with E-state index in [1.54, 1.807) is 0 Å². The summed E-state index contributed by atoms with van der Waals surface area (Å²) in [6.07, 6.45) is 0. The van der Waals surface area contributed by atoms with Gasteiger partial charge >= 0.3 is 0 Å². The first-order valence-corrected chi connectivity index (χ1v) is 12.9. The van der Waals surface area contributed by atoms with E-state index in [9.17, 15) is 4.79 Å². The second kappa shape index (κ2) is 10.8. The van der Waals surface area contributed by atoms with Gasteiger partial charge in [-0.05, 0) is 5.56 Å². The summed E-state index contributed by atoms with van der Waals surface area (Å²) in [6.45, 7) is 3.51. The van der Waals surface area contributed by atoms with Gasteiger partial charge in [-0.1, -0.05) is 72.4 Å². The molecule has 8 nitrogen and oxygen atoms in total. The van der Waals surface area contributed by atoms with Gasteiger partial charge in [-0.3, -0.25) is 9.36 Å². The van der Waals surface area contributed by atoms with Gasteiger partial charge in [0.25, 0.3) is 0 Å². The van der Waals surface area contributed by atoms with E-state index in [1.165, 1.54) is 23.1 Å². The fourth-order valence-electron chi connectivity index (χ4n) is 3.65. The molecule has 5 rings (SSSR count). The van der Waals surface area contributed by atoms with E-state index in [4.69, 9.17) is 4.74 Å². The number of anilines is 2. The van der Waals surface area contributed by atoms with Gasteiger partial charge in [0.1, 0.15) is 0 Å². The van der Waals surface area contributed by atoms with E-state index < -0.39 is 0 Å². The minimum absolute atomic E-state index is 0.124.